The Kier molecular flexibility index (Phi) is 29.0. The van der Waals surface area contributed by atoms with Crippen molar-refractivity contribution in [3.63, 3.8) is 0 Å². The third-order valence-electron chi connectivity index (χ3n) is 11.1. The fourth-order valence-corrected chi connectivity index (χ4v) is 8.05. The lowest BCUT2D eigenvalue weighted by molar-refractivity contribution is -0.138. The number of hydrogen-bond donors (Lipinski definition) is 2. The SMILES string of the molecule is CC1CCC(C(C)(C)CCCCCC=CCC=CCCCCCCCC(=O)O)C(CCCCCC=CCC=CCCCCCCCC(=O)O)C1. The highest BCUT2D eigenvalue weighted by molar-refractivity contribution is 5.66. The molecule has 1 saturated carbocycles. The summed E-state index contributed by atoms with van der Waals surface area (Å²) in [6, 6.07) is 0. The number of carboxylic acids is 2. The van der Waals surface area contributed by atoms with Gasteiger partial charge in [-0.1, -0.05) is 146 Å². The van der Waals surface area contributed by atoms with Gasteiger partial charge in [-0.15, -0.1) is 0 Å². The van der Waals surface area contributed by atoms with E-state index >= 15 is 0 Å². The average molecular weight is 697 g/mol. The van der Waals surface area contributed by atoms with Gasteiger partial charge >= 0.3 is 11.9 Å². The first-order valence-corrected chi connectivity index (χ1v) is 21.3. The molecular weight excluding hydrogens is 617 g/mol. The first kappa shape index (κ1) is 45.9. The highest BCUT2D eigenvalue weighted by Crippen LogP contribution is 2.48. The van der Waals surface area contributed by atoms with Gasteiger partial charge in [0.25, 0.3) is 0 Å². The summed E-state index contributed by atoms with van der Waals surface area (Å²) < 4.78 is 0. The van der Waals surface area contributed by atoms with E-state index in [1.165, 1.54) is 109 Å². The molecule has 2 N–H and O–H groups in total. The average Bonchev–Trinajstić information content (AvgIpc) is 3.07. The Bertz CT molecular complexity index is 942. The second kappa shape index (κ2) is 31.6. The molecule has 1 aliphatic rings. The molecule has 0 spiro atoms. The number of allylic oxidation sites excluding steroid dienone is 8. The van der Waals surface area contributed by atoms with Crippen molar-refractivity contribution in [1.29, 1.82) is 0 Å². The van der Waals surface area contributed by atoms with Crippen molar-refractivity contribution in [2.75, 3.05) is 0 Å². The van der Waals surface area contributed by atoms with Crippen LogP contribution in [-0.4, -0.2) is 22.2 Å². The molecule has 288 valence electrons. The zero-order chi connectivity index (χ0) is 36.5. The van der Waals surface area contributed by atoms with Gasteiger partial charge in [0.15, 0.2) is 0 Å². The lowest BCUT2D eigenvalue weighted by Gasteiger charge is -2.45. The lowest BCUT2D eigenvalue weighted by Crippen LogP contribution is -2.35. The van der Waals surface area contributed by atoms with Crippen LogP contribution in [0.15, 0.2) is 48.6 Å². The van der Waals surface area contributed by atoms with Gasteiger partial charge in [0.05, 0.1) is 0 Å². The predicted octanol–water partition coefficient (Wildman–Crippen LogP) is 14.6. The van der Waals surface area contributed by atoms with Crippen molar-refractivity contribution < 1.29 is 19.8 Å². The summed E-state index contributed by atoms with van der Waals surface area (Å²) in [6.45, 7) is 7.65. The van der Waals surface area contributed by atoms with Crippen LogP contribution in [0.2, 0.25) is 0 Å². The van der Waals surface area contributed by atoms with E-state index in [0.29, 0.717) is 18.3 Å². The van der Waals surface area contributed by atoms with Crippen LogP contribution in [0.25, 0.3) is 0 Å². The number of unbranched alkanes of at least 4 members (excludes halogenated alkanes) is 16. The summed E-state index contributed by atoms with van der Waals surface area (Å²) >= 11 is 0. The van der Waals surface area contributed by atoms with Crippen LogP contribution in [-0.2, 0) is 9.59 Å². The topological polar surface area (TPSA) is 74.6 Å². The summed E-state index contributed by atoms with van der Waals surface area (Å²) in [4.78, 5) is 21.1. The van der Waals surface area contributed by atoms with Gasteiger partial charge in [0, 0.05) is 12.8 Å². The summed E-state index contributed by atoms with van der Waals surface area (Å²) in [7, 11) is 0. The predicted molar refractivity (Wildman–Crippen MR) is 216 cm³/mol. The van der Waals surface area contributed by atoms with Crippen LogP contribution in [0.1, 0.15) is 207 Å². The van der Waals surface area contributed by atoms with Gasteiger partial charge in [-0.25, -0.2) is 0 Å². The molecule has 0 aliphatic heterocycles. The van der Waals surface area contributed by atoms with E-state index in [4.69, 9.17) is 10.2 Å². The van der Waals surface area contributed by atoms with Crippen molar-refractivity contribution >= 4 is 11.9 Å². The van der Waals surface area contributed by atoms with Crippen LogP contribution < -0.4 is 0 Å². The van der Waals surface area contributed by atoms with E-state index in [-0.39, 0.29) is 0 Å². The monoisotopic (exact) mass is 697 g/mol. The first-order valence-electron chi connectivity index (χ1n) is 21.3. The maximum Gasteiger partial charge on any atom is 0.303 e. The fraction of sp³-hybridized carbons (Fsp3) is 0.783. The zero-order valence-corrected chi connectivity index (χ0v) is 33.1. The van der Waals surface area contributed by atoms with E-state index in [1.807, 2.05) is 0 Å². The molecule has 1 rings (SSSR count). The molecule has 3 unspecified atom stereocenters. The smallest absolute Gasteiger partial charge is 0.303 e. The standard InChI is InChI=1S/C46H80O4/c1-41-37-38-43(42(40-41)34-30-26-22-18-14-10-6-4-7-11-15-19-23-27-31-35-44(47)48)46(2,3)39-33-29-25-21-17-13-9-5-8-12-16-20-24-28-32-36-45(49)50/h4-5,7-8,10,13-14,17,41-43H,6,9,11-12,15-16,18-40H2,1-3H3,(H,47,48)(H,49,50). The third kappa shape index (κ3) is 27.6. The Morgan fingerprint density at radius 1 is 0.540 bits per heavy atom. The van der Waals surface area contributed by atoms with Crippen LogP contribution >= 0.6 is 0 Å². The number of aliphatic carboxylic acids is 2. The molecule has 0 bridgehead atoms. The Hall–Kier alpha value is -2.10. The molecule has 0 aromatic carbocycles. The van der Waals surface area contributed by atoms with Gasteiger partial charge in [0.1, 0.15) is 0 Å². The summed E-state index contributed by atoms with van der Waals surface area (Å²) in [5, 5.41) is 17.4. The van der Waals surface area contributed by atoms with Crippen LogP contribution in [0.4, 0.5) is 0 Å². The minimum Gasteiger partial charge on any atom is -0.481 e. The minimum atomic E-state index is -0.672. The molecule has 1 aliphatic carbocycles. The van der Waals surface area contributed by atoms with E-state index < -0.39 is 11.9 Å². The Labute approximate surface area is 309 Å². The number of rotatable bonds is 33. The molecule has 3 atom stereocenters. The summed E-state index contributed by atoms with van der Waals surface area (Å²) in [5.74, 6) is 1.37. The number of hydrogen-bond acceptors (Lipinski definition) is 2. The molecular formula is C46H80O4. The quantitative estimate of drug-likeness (QED) is 0.0529. The van der Waals surface area contributed by atoms with Gasteiger partial charge in [-0.2, -0.15) is 0 Å². The van der Waals surface area contributed by atoms with E-state index in [9.17, 15) is 9.59 Å². The molecule has 50 heavy (non-hydrogen) atoms. The largest absolute Gasteiger partial charge is 0.481 e. The van der Waals surface area contributed by atoms with E-state index in [1.54, 1.807) is 0 Å². The number of carboxylic acid groups (broad SMARTS) is 2. The fourth-order valence-electron chi connectivity index (χ4n) is 8.05. The second-order valence-corrected chi connectivity index (χ2v) is 16.3. The van der Waals surface area contributed by atoms with Crippen LogP contribution in [0.5, 0.6) is 0 Å². The summed E-state index contributed by atoms with van der Waals surface area (Å²) in [5.41, 5.74) is 0.460. The highest BCUT2D eigenvalue weighted by Gasteiger charge is 2.38. The van der Waals surface area contributed by atoms with E-state index in [0.717, 1.165) is 82.0 Å². The Balaban J connectivity index is 2.11. The van der Waals surface area contributed by atoms with Gasteiger partial charge in [0.2, 0.25) is 0 Å². The van der Waals surface area contributed by atoms with Crippen molar-refractivity contribution in [3.05, 3.63) is 48.6 Å². The normalized spacial score (nSPS) is 18.7. The molecule has 0 saturated heterocycles. The molecule has 4 nitrogen and oxygen atoms in total. The van der Waals surface area contributed by atoms with Gasteiger partial charge < -0.3 is 10.2 Å². The van der Waals surface area contributed by atoms with Crippen LogP contribution in [0.3, 0.4) is 0 Å². The Morgan fingerprint density at radius 3 is 1.40 bits per heavy atom. The third-order valence-corrected chi connectivity index (χ3v) is 11.1. The van der Waals surface area contributed by atoms with Crippen molar-refractivity contribution in [2.45, 2.75) is 207 Å². The van der Waals surface area contributed by atoms with Crippen molar-refractivity contribution in [2.24, 2.45) is 23.2 Å². The van der Waals surface area contributed by atoms with Gasteiger partial charge in [-0.05, 0) is 119 Å². The minimum absolute atomic E-state index is 0.315. The number of carbonyl (C=O) groups is 2. The summed E-state index contributed by atoms with van der Waals surface area (Å²) in [6.07, 6.45) is 52.2. The molecule has 0 amide bonds. The van der Waals surface area contributed by atoms with Crippen LogP contribution in [0, 0.1) is 23.2 Å². The molecule has 0 radical (unpaired) electrons. The second-order valence-electron chi connectivity index (χ2n) is 16.3. The zero-order valence-electron chi connectivity index (χ0n) is 33.1. The van der Waals surface area contributed by atoms with E-state index in [2.05, 4.69) is 69.4 Å². The van der Waals surface area contributed by atoms with Crippen molar-refractivity contribution in [1.82, 2.24) is 0 Å². The molecule has 0 aromatic rings. The van der Waals surface area contributed by atoms with Gasteiger partial charge in [-0.3, -0.25) is 9.59 Å². The Morgan fingerprint density at radius 2 is 0.940 bits per heavy atom. The maximum atomic E-state index is 10.5. The molecule has 0 heterocycles. The highest BCUT2D eigenvalue weighted by atomic mass is 16.4. The molecule has 0 aromatic heterocycles. The maximum absolute atomic E-state index is 10.5. The molecule has 4 heteroatoms. The molecule has 1 fully saturated rings. The first-order chi connectivity index (χ1) is 24.2. The van der Waals surface area contributed by atoms with Crippen molar-refractivity contribution in [3.8, 4) is 0 Å². The lowest BCUT2D eigenvalue weighted by atomic mass is 9.61.